The van der Waals surface area contributed by atoms with E-state index in [0.717, 1.165) is 12.8 Å². The van der Waals surface area contributed by atoms with Gasteiger partial charge in [-0.05, 0) is 37.8 Å². The van der Waals surface area contributed by atoms with Crippen LogP contribution in [0.2, 0.25) is 0 Å². The number of hydrogen-bond donors (Lipinski definition) is 1. The van der Waals surface area contributed by atoms with Crippen LogP contribution in [0.1, 0.15) is 36.0 Å². The fraction of sp³-hybridized carbons (Fsp3) is 0.529. The summed E-state index contributed by atoms with van der Waals surface area (Å²) < 4.78 is 23.6. The third kappa shape index (κ3) is 3.45. The molecule has 1 aromatic carbocycles. The lowest BCUT2D eigenvalue weighted by molar-refractivity contribution is -0.134. The van der Waals surface area contributed by atoms with E-state index in [9.17, 15) is 18.0 Å². The van der Waals surface area contributed by atoms with Gasteiger partial charge in [0.2, 0.25) is 5.91 Å². The lowest BCUT2D eigenvalue weighted by Gasteiger charge is -2.38. The van der Waals surface area contributed by atoms with Crippen molar-refractivity contribution in [2.75, 3.05) is 12.8 Å². The number of piperidine rings is 1. The standard InChI is InChI=1S/C17H22N2O4S/c1-24(22,23)15-9-13-7-8-14(10-15)19(13)16(20)11-18-17(21)12-5-3-2-4-6-12/h2-6,13-15H,7-11H2,1H3,(H,18,21). The van der Waals surface area contributed by atoms with Crippen LogP contribution in [0.4, 0.5) is 0 Å². The summed E-state index contributed by atoms with van der Waals surface area (Å²) in [4.78, 5) is 26.3. The second-order valence-electron chi connectivity index (χ2n) is 6.66. The normalized spacial score (nSPS) is 26.2. The highest BCUT2D eigenvalue weighted by Crippen LogP contribution is 2.37. The lowest BCUT2D eigenvalue weighted by atomic mass is 10.0. The molecular formula is C17H22N2O4S. The quantitative estimate of drug-likeness (QED) is 0.877. The summed E-state index contributed by atoms with van der Waals surface area (Å²) in [5.41, 5.74) is 0.518. The van der Waals surface area contributed by atoms with Crippen molar-refractivity contribution in [2.24, 2.45) is 0 Å². The van der Waals surface area contributed by atoms with Crippen molar-refractivity contribution in [2.45, 2.75) is 43.0 Å². The van der Waals surface area contributed by atoms with Crippen molar-refractivity contribution in [1.82, 2.24) is 10.2 Å². The molecule has 2 aliphatic heterocycles. The van der Waals surface area contributed by atoms with Crippen molar-refractivity contribution in [3.63, 3.8) is 0 Å². The molecule has 24 heavy (non-hydrogen) atoms. The van der Waals surface area contributed by atoms with Crippen LogP contribution in [0.25, 0.3) is 0 Å². The molecule has 2 unspecified atom stereocenters. The first kappa shape index (κ1) is 17.0. The minimum Gasteiger partial charge on any atom is -0.343 e. The van der Waals surface area contributed by atoms with Crippen LogP contribution in [-0.2, 0) is 14.6 Å². The van der Waals surface area contributed by atoms with Gasteiger partial charge in [-0.25, -0.2) is 8.42 Å². The third-order valence-corrected chi connectivity index (χ3v) is 6.62. The molecule has 2 amide bonds. The number of hydrogen-bond acceptors (Lipinski definition) is 4. The molecule has 2 aliphatic rings. The number of nitrogens with zero attached hydrogens (tertiary/aromatic N) is 1. The van der Waals surface area contributed by atoms with Crippen LogP contribution in [-0.4, -0.2) is 55.3 Å². The molecule has 0 saturated carbocycles. The molecule has 0 aliphatic carbocycles. The Morgan fingerprint density at radius 1 is 1.12 bits per heavy atom. The Bertz CT molecular complexity index is 718. The number of carbonyl (C=O) groups excluding carboxylic acids is 2. The van der Waals surface area contributed by atoms with Crippen molar-refractivity contribution < 1.29 is 18.0 Å². The Balaban J connectivity index is 1.60. The minimum atomic E-state index is -3.07. The summed E-state index contributed by atoms with van der Waals surface area (Å²) in [6.45, 7) is -0.0513. The molecule has 0 aromatic heterocycles. The smallest absolute Gasteiger partial charge is 0.251 e. The van der Waals surface area contributed by atoms with Gasteiger partial charge in [0.05, 0.1) is 11.8 Å². The van der Waals surface area contributed by atoms with Gasteiger partial charge in [0, 0.05) is 23.9 Å². The van der Waals surface area contributed by atoms with Crippen molar-refractivity contribution in [3.05, 3.63) is 35.9 Å². The fourth-order valence-corrected chi connectivity index (χ4v) is 4.97. The molecule has 7 heteroatoms. The summed E-state index contributed by atoms with van der Waals surface area (Å²) >= 11 is 0. The second-order valence-corrected chi connectivity index (χ2v) is 8.98. The minimum absolute atomic E-state index is 0.0235. The zero-order valence-corrected chi connectivity index (χ0v) is 14.5. The van der Waals surface area contributed by atoms with Crippen LogP contribution in [0.3, 0.4) is 0 Å². The predicted molar refractivity (Wildman–Crippen MR) is 90.3 cm³/mol. The van der Waals surface area contributed by atoms with Crippen molar-refractivity contribution >= 4 is 21.7 Å². The Hall–Kier alpha value is -1.89. The van der Waals surface area contributed by atoms with E-state index in [0.29, 0.717) is 18.4 Å². The van der Waals surface area contributed by atoms with Gasteiger partial charge in [0.15, 0.2) is 0 Å². The van der Waals surface area contributed by atoms with Crippen LogP contribution in [0.5, 0.6) is 0 Å². The monoisotopic (exact) mass is 350 g/mol. The molecule has 0 radical (unpaired) electrons. The number of fused-ring (bicyclic) bond motifs is 2. The molecule has 130 valence electrons. The highest BCUT2D eigenvalue weighted by Gasteiger charge is 2.45. The summed E-state index contributed by atoms with van der Waals surface area (Å²) in [7, 11) is -3.07. The summed E-state index contributed by atoms with van der Waals surface area (Å²) in [6.07, 6.45) is 3.97. The maximum Gasteiger partial charge on any atom is 0.251 e. The van der Waals surface area contributed by atoms with E-state index in [1.54, 1.807) is 29.2 Å². The van der Waals surface area contributed by atoms with Gasteiger partial charge in [-0.2, -0.15) is 0 Å². The number of sulfone groups is 1. The van der Waals surface area contributed by atoms with E-state index in [1.165, 1.54) is 6.26 Å². The average molecular weight is 350 g/mol. The van der Waals surface area contributed by atoms with Gasteiger partial charge in [-0.1, -0.05) is 18.2 Å². The molecular weight excluding hydrogens is 328 g/mol. The van der Waals surface area contributed by atoms with Gasteiger partial charge in [0.25, 0.3) is 5.91 Å². The topological polar surface area (TPSA) is 83.6 Å². The summed E-state index contributed by atoms with van der Waals surface area (Å²) in [5, 5.41) is 2.31. The molecule has 6 nitrogen and oxygen atoms in total. The molecule has 2 fully saturated rings. The summed E-state index contributed by atoms with van der Waals surface area (Å²) in [5.74, 6) is -0.402. The van der Waals surface area contributed by atoms with E-state index in [-0.39, 0.29) is 35.7 Å². The van der Waals surface area contributed by atoms with E-state index in [2.05, 4.69) is 5.32 Å². The molecule has 2 atom stereocenters. The molecule has 2 heterocycles. The number of carbonyl (C=O) groups is 2. The molecule has 2 saturated heterocycles. The van der Waals surface area contributed by atoms with Gasteiger partial charge >= 0.3 is 0 Å². The van der Waals surface area contributed by atoms with Gasteiger partial charge in [-0.3, -0.25) is 9.59 Å². The van der Waals surface area contributed by atoms with Gasteiger partial charge in [-0.15, -0.1) is 0 Å². The predicted octanol–water partition coefficient (Wildman–Crippen LogP) is 0.983. The largest absolute Gasteiger partial charge is 0.343 e. The Morgan fingerprint density at radius 2 is 1.71 bits per heavy atom. The van der Waals surface area contributed by atoms with E-state index in [4.69, 9.17) is 0 Å². The maximum atomic E-state index is 12.5. The Morgan fingerprint density at radius 3 is 2.25 bits per heavy atom. The number of amides is 2. The first-order valence-corrected chi connectivity index (χ1v) is 10.1. The molecule has 2 bridgehead atoms. The maximum absolute atomic E-state index is 12.5. The molecule has 3 rings (SSSR count). The zero-order valence-electron chi connectivity index (χ0n) is 13.6. The van der Waals surface area contributed by atoms with Crippen LogP contribution in [0.15, 0.2) is 30.3 Å². The molecule has 1 N–H and O–H groups in total. The number of nitrogens with one attached hydrogen (secondary N) is 1. The SMILES string of the molecule is CS(=O)(=O)C1CC2CCC(C1)N2C(=O)CNC(=O)c1ccccc1. The van der Waals surface area contributed by atoms with Gasteiger partial charge < -0.3 is 10.2 Å². The summed E-state index contributed by atoms with van der Waals surface area (Å²) in [6, 6.07) is 8.71. The van der Waals surface area contributed by atoms with E-state index >= 15 is 0 Å². The van der Waals surface area contributed by atoms with Crippen LogP contribution < -0.4 is 5.32 Å². The van der Waals surface area contributed by atoms with Gasteiger partial charge in [0.1, 0.15) is 9.84 Å². The number of rotatable bonds is 4. The lowest BCUT2D eigenvalue weighted by Crippen LogP contribution is -2.52. The highest BCUT2D eigenvalue weighted by atomic mass is 32.2. The first-order valence-electron chi connectivity index (χ1n) is 8.19. The van der Waals surface area contributed by atoms with Crippen molar-refractivity contribution in [3.8, 4) is 0 Å². The second kappa shape index (κ2) is 6.55. The van der Waals surface area contributed by atoms with Crippen LogP contribution >= 0.6 is 0 Å². The Labute approximate surface area is 142 Å². The van der Waals surface area contributed by atoms with E-state index < -0.39 is 9.84 Å². The zero-order chi connectivity index (χ0) is 17.3. The van der Waals surface area contributed by atoms with E-state index in [1.807, 2.05) is 6.07 Å². The molecule has 1 aromatic rings. The third-order valence-electron chi connectivity index (χ3n) is 5.02. The molecule has 0 spiro atoms. The fourth-order valence-electron chi connectivity index (χ4n) is 3.82. The van der Waals surface area contributed by atoms with Crippen molar-refractivity contribution in [1.29, 1.82) is 0 Å². The van der Waals surface area contributed by atoms with Crippen LogP contribution in [0, 0.1) is 0 Å². The Kier molecular flexibility index (Phi) is 4.62. The highest BCUT2D eigenvalue weighted by molar-refractivity contribution is 7.91. The number of benzene rings is 1. The average Bonchev–Trinajstić information content (AvgIpc) is 2.81. The first-order chi connectivity index (χ1) is 11.4.